The van der Waals surface area contributed by atoms with Crippen molar-refractivity contribution in [3.05, 3.63) is 29.8 Å². The van der Waals surface area contributed by atoms with E-state index in [1.165, 1.54) is 24.3 Å². The van der Waals surface area contributed by atoms with Gasteiger partial charge in [0, 0.05) is 6.04 Å². The third-order valence-corrected chi connectivity index (χ3v) is 5.24. The lowest BCUT2D eigenvalue weighted by atomic mass is 9.97. The minimum Gasteiger partial charge on any atom is -0.316 e. The quantitative estimate of drug-likeness (QED) is 0.885. The highest BCUT2D eigenvalue weighted by molar-refractivity contribution is 7.89. The zero-order valence-electron chi connectivity index (χ0n) is 12.2. The lowest BCUT2D eigenvalue weighted by Crippen LogP contribution is -2.48. The van der Waals surface area contributed by atoms with Crippen LogP contribution in [-0.4, -0.2) is 33.7 Å². The highest BCUT2D eigenvalue weighted by Gasteiger charge is 2.29. The Morgan fingerprint density at radius 3 is 2.45 bits per heavy atom. The van der Waals surface area contributed by atoms with Gasteiger partial charge in [0.25, 0.3) is 0 Å². The SMILES string of the molecule is CC1CNCCC1NS(=O)(=O)c1ccc(CC(F)(F)F)cc1. The van der Waals surface area contributed by atoms with Gasteiger partial charge in [-0.05, 0) is 43.1 Å². The Bertz CT molecular complexity index is 600. The Kier molecular flexibility index (Phi) is 5.14. The molecule has 4 nitrogen and oxygen atoms in total. The molecule has 1 aromatic carbocycles. The van der Waals surface area contributed by atoms with Crippen molar-refractivity contribution in [2.24, 2.45) is 5.92 Å². The second kappa shape index (κ2) is 6.55. The summed E-state index contributed by atoms with van der Waals surface area (Å²) in [6.45, 7) is 3.42. The van der Waals surface area contributed by atoms with Crippen molar-refractivity contribution in [3.63, 3.8) is 0 Å². The van der Waals surface area contributed by atoms with Gasteiger partial charge < -0.3 is 5.32 Å². The molecule has 0 aromatic heterocycles. The van der Waals surface area contributed by atoms with Gasteiger partial charge in [-0.1, -0.05) is 19.1 Å². The lowest BCUT2D eigenvalue weighted by molar-refractivity contribution is -0.127. The number of piperidine rings is 1. The summed E-state index contributed by atoms with van der Waals surface area (Å²) in [6, 6.07) is 4.67. The molecule has 0 amide bonds. The molecule has 2 atom stereocenters. The highest BCUT2D eigenvalue weighted by Crippen LogP contribution is 2.22. The van der Waals surface area contributed by atoms with Gasteiger partial charge in [-0.25, -0.2) is 13.1 Å². The maximum absolute atomic E-state index is 12.3. The Hall–Kier alpha value is -1.12. The number of alkyl halides is 3. The zero-order chi connectivity index (χ0) is 16.4. The highest BCUT2D eigenvalue weighted by atomic mass is 32.2. The summed E-state index contributed by atoms with van der Waals surface area (Å²) in [5, 5.41) is 3.18. The first-order valence-electron chi connectivity index (χ1n) is 7.06. The fourth-order valence-corrected chi connectivity index (χ4v) is 3.85. The van der Waals surface area contributed by atoms with Crippen LogP contribution in [0.4, 0.5) is 13.2 Å². The molecule has 1 aromatic rings. The van der Waals surface area contributed by atoms with Crippen LogP contribution in [0.15, 0.2) is 29.2 Å². The van der Waals surface area contributed by atoms with Crippen LogP contribution in [0.5, 0.6) is 0 Å². The van der Waals surface area contributed by atoms with Crippen molar-refractivity contribution in [2.75, 3.05) is 13.1 Å². The number of nitrogens with one attached hydrogen (secondary N) is 2. The van der Waals surface area contributed by atoms with Crippen molar-refractivity contribution in [3.8, 4) is 0 Å². The van der Waals surface area contributed by atoms with Crippen LogP contribution in [0.3, 0.4) is 0 Å². The van der Waals surface area contributed by atoms with Crippen molar-refractivity contribution in [1.29, 1.82) is 0 Å². The normalized spacial score (nSPS) is 23.5. The number of benzene rings is 1. The largest absolute Gasteiger partial charge is 0.393 e. The average Bonchev–Trinajstić information content (AvgIpc) is 2.40. The molecular formula is C14H19F3N2O2S. The predicted molar refractivity (Wildman–Crippen MR) is 77.0 cm³/mol. The fourth-order valence-electron chi connectivity index (χ4n) is 2.47. The number of rotatable bonds is 4. The Balaban J connectivity index is 2.09. The van der Waals surface area contributed by atoms with Gasteiger partial charge in [0.2, 0.25) is 10.0 Å². The minimum absolute atomic E-state index is 0.0100. The third-order valence-electron chi connectivity index (χ3n) is 3.73. The first-order chi connectivity index (χ1) is 10.2. The van der Waals surface area contributed by atoms with Gasteiger partial charge in [0.1, 0.15) is 0 Å². The maximum atomic E-state index is 12.3. The molecule has 0 saturated carbocycles. The molecule has 2 N–H and O–H groups in total. The minimum atomic E-state index is -4.30. The van der Waals surface area contributed by atoms with E-state index in [4.69, 9.17) is 0 Å². The molecule has 124 valence electrons. The molecular weight excluding hydrogens is 317 g/mol. The van der Waals surface area contributed by atoms with Crippen molar-refractivity contribution < 1.29 is 21.6 Å². The van der Waals surface area contributed by atoms with Gasteiger partial charge >= 0.3 is 6.18 Å². The van der Waals surface area contributed by atoms with E-state index in [0.29, 0.717) is 6.42 Å². The van der Waals surface area contributed by atoms with Crippen molar-refractivity contribution >= 4 is 10.0 Å². The molecule has 0 aliphatic carbocycles. The second-order valence-electron chi connectivity index (χ2n) is 5.63. The molecule has 1 heterocycles. The Morgan fingerprint density at radius 2 is 1.91 bits per heavy atom. The lowest BCUT2D eigenvalue weighted by Gasteiger charge is -2.29. The summed E-state index contributed by atoms with van der Waals surface area (Å²) >= 11 is 0. The summed E-state index contributed by atoms with van der Waals surface area (Å²) in [7, 11) is -3.71. The van der Waals surface area contributed by atoms with Crippen molar-refractivity contribution in [2.45, 2.75) is 36.9 Å². The number of halogens is 3. The predicted octanol–water partition coefficient (Wildman–Crippen LogP) is 2.07. The summed E-state index contributed by atoms with van der Waals surface area (Å²) in [4.78, 5) is -0.0100. The third kappa shape index (κ3) is 4.69. The van der Waals surface area contributed by atoms with E-state index in [0.717, 1.165) is 13.1 Å². The monoisotopic (exact) mass is 336 g/mol. The first kappa shape index (κ1) is 17.2. The molecule has 2 rings (SSSR count). The molecule has 0 spiro atoms. The number of hydrogen-bond acceptors (Lipinski definition) is 3. The number of hydrogen-bond donors (Lipinski definition) is 2. The van der Waals surface area contributed by atoms with Crippen LogP contribution in [0.2, 0.25) is 0 Å². The topological polar surface area (TPSA) is 58.2 Å². The fraction of sp³-hybridized carbons (Fsp3) is 0.571. The molecule has 22 heavy (non-hydrogen) atoms. The Morgan fingerprint density at radius 1 is 1.27 bits per heavy atom. The van der Waals surface area contributed by atoms with E-state index in [1.807, 2.05) is 6.92 Å². The number of sulfonamides is 1. The van der Waals surface area contributed by atoms with Crippen LogP contribution in [0.1, 0.15) is 18.9 Å². The van der Waals surface area contributed by atoms with Crippen LogP contribution in [0, 0.1) is 5.92 Å². The van der Waals surface area contributed by atoms with Crippen LogP contribution in [-0.2, 0) is 16.4 Å². The second-order valence-corrected chi connectivity index (χ2v) is 7.35. The van der Waals surface area contributed by atoms with E-state index in [1.54, 1.807) is 0 Å². The smallest absolute Gasteiger partial charge is 0.316 e. The van der Waals surface area contributed by atoms with E-state index in [9.17, 15) is 21.6 Å². The van der Waals surface area contributed by atoms with Gasteiger partial charge in [-0.3, -0.25) is 0 Å². The van der Waals surface area contributed by atoms with Gasteiger partial charge in [-0.15, -0.1) is 0 Å². The maximum Gasteiger partial charge on any atom is 0.393 e. The molecule has 8 heteroatoms. The molecule has 1 saturated heterocycles. The summed E-state index contributed by atoms with van der Waals surface area (Å²) in [5.41, 5.74) is 0.0432. The zero-order valence-corrected chi connectivity index (χ0v) is 13.0. The van der Waals surface area contributed by atoms with Gasteiger partial charge in [0.05, 0.1) is 11.3 Å². The summed E-state index contributed by atoms with van der Waals surface area (Å²) in [5.74, 6) is 0.160. The molecule has 0 bridgehead atoms. The molecule has 2 unspecified atom stereocenters. The van der Waals surface area contributed by atoms with Crippen LogP contribution in [0.25, 0.3) is 0 Å². The van der Waals surface area contributed by atoms with E-state index < -0.39 is 22.6 Å². The van der Waals surface area contributed by atoms with Crippen molar-refractivity contribution in [1.82, 2.24) is 10.0 Å². The van der Waals surface area contributed by atoms with E-state index >= 15 is 0 Å². The average molecular weight is 336 g/mol. The van der Waals surface area contributed by atoms with Crippen LogP contribution >= 0.6 is 0 Å². The van der Waals surface area contributed by atoms with Gasteiger partial charge in [-0.2, -0.15) is 13.2 Å². The summed E-state index contributed by atoms with van der Waals surface area (Å²) in [6.07, 6.45) is -4.68. The molecule has 1 aliphatic heterocycles. The van der Waals surface area contributed by atoms with Crippen LogP contribution < -0.4 is 10.0 Å². The van der Waals surface area contributed by atoms with Gasteiger partial charge in [0.15, 0.2) is 0 Å². The van der Waals surface area contributed by atoms with E-state index in [2.05, 4.69) is 10.0 Å². The Labute approximate surface area is 128 Å². The summed E-state index contributed by atoms with van der Waals surface area (Å²) < 4.78 is 64.1. The molecule has 0 radical (unpaired) electrons. The van der Waals surface area contributed by atoms with E-state index in [-0.39, 0.29) is 22.4 Å². The first-order valence-corrected chi connectivity index (χ1v) is 8.54. The molecule has 1 fully saturated rings. The standard InChI is InChI=1S/C14H19F3N2O2S/c1-10-9-18-7-6-13(10)19-22(20,21)12-4-2-11(3-5-12)8-14(15,16)17/h2-5,10,13,18-19H,6-9H2,1H3. The molecule has 1 aliphatic rings.